The van der Waals surface area contributed by atoms with Gasteiger partial charge in [0.15, 0.2) is 0 Å². The Morgan fingerprint density at radius 3 is 1.29 bits per heavy atom. The van der Waals surface area contributed by atoms with E-state index in [9.17, 15) is 0 Å². The molecule has 0 aromatic rings. The number of hydrogen-bond donors (Lipinski definition) is 0. The summed E-state index contributed by atoms with van der Waals surface area (Å²) < 4.78 is 0. The van der Waals surface area contributed by atoms with Crippen molar-refractivity contribution in [2.45, 2.75) is 64.2 Å². The van der Waals surface area contributed by atoms with Crippen LogP contribution in [0.4, 0.5) is 0 Å². The molecule has 0 radical (unpaired) electrons. The molecule has 76 valence electrons. The summed E-state index contributed by atoms with van der Waals surface area (Å²) in [7, 11) is 0. The molecule has 0 saturated heterocycles. The Morgan fingerprint density at radius 2 is 0.929 bits per heavy atom. The van der Waals surface area contributed by atoms with Gasteiger partial charge in [-0.25, -0.2) is 0 Å². The second-order valence-corrected chi connectivity index (χ2v) is 4.99. The van der Waals surface area contributed by atoms with Gasteiger partial charge in [0.05, 0.1) is 0 Å². The Kier molecular flexibility index (Phi) is 7.67. The van der Waals surface area contributed by atoms with Crippen molar-refractivity contribution in [1.82, 2.24) is 0 Å². The normalized spacial score (nSPS) is 25.7. The summed E-state index contributed by atoms with van der Waals surface area (Å²) in [6, 6.07) is 0. The molecule has 2 fully saturated rings. The maximum atomic E-state index is 2.72. The third kappa shape index (κ3) is 4.65. The third-order valence-corrected chi connectivity index (χ3v) is 3.84. The topological polar surface area (TPSA) is 0 Å². The molecule has 0 unspecified atom stereocenters. The van der Waals surface area contributed by atoms with Crippen LogP contribution >= 0.6 is 0 Å². The SMILES string of the molecule is [CH-](C1CCCCC1)C1CCCCC1.[K+]. The first-order chi connectivity index (χ1) is 6.45. The molecule has 0 aliphatic heterocycles. The summed E-state index contributed by atoms with van der Waals surface area (Å²) in [4.78, 5) is 0. The van der Waals surface area contributed by atoms with E-state index in [1.54, 1.807) is 0 Å². The largest absolute Gasteiger partial charge is 1.00 e. The van der Waals surface area contributed by atoms with Crippen LogP contribution in [0, 0.1) is 18.3 Å². The van der Waals surface area contributed by atoms with Gasteiger partial charge in [0.25, 0.3) is 0 Å². The van der Waals surface area contributed by atoms with E-state index in [1.807, 2.05) is 0 Å². The van der Waals surface area contributed by atoms with Crippen molar-refractivity contribution in [1.29, 1.82) is 0 Å². The minimum Gasteiger partial charge on any atom is -0.322 e. The summed E-state index contributed by atoms with van der Waals surface area (Å²) in [6.07, 6.45) is 17.7. The summed E-state index contributed by atoms with van der Waals surface area (Å²) >= 11 is 0. The second-order valence-electron chi connectivity index (χ2n) is 4.99. The monoisotopic (exact) mass is 218 g/mol. The van der Waals surface area contributed by atoms with Crippen LogP contribution in [0.3, 0.4) is 0 Å². The van der Waals surface area contributed by atoms with Gasteiger partial charge in [-0.15, -0.1) is 0 Å². The molecule has 2 aliphatic carbocycles. The molecule has 2 aliphatic rings. The summed E-state index contributed by atoms with van der Waals surface area (Å²) in [5.41, 5.74) is 0. The first kappa shape index (κ1) is 13.7. The Morgan fingerprint density at radius 1 is 0.571 bits per heavy atom. The van der Waals surface area contributed by atoms with Crippen LogP contribution in [-0.2, 0) is 0 Å². The average Bonchev–Trinajstić information content (AvgIpc) is 2.21. The summed E-state index contributed by atoms with van der Waals surface area (Å²) in [5, 5.41) is 0. The molecule has 0 heterocycles. The van der Waals surface area contributed by atoms with Gasteiger partial charge >= 0.3 is 51.4 Å². The standard InChI is InChI=1S/C13H23.K/c1-3-7-12(8-4-1)11-13-9-5-2-6-10-13;/h11-13H,1-10H2;/q-1;+1. The molecule has 0 amide bonds. The molecule has 0 bridgehead atoms. The smallest absolute Gasteiger partial charge is 0.322 e. The van der Waals surface area contributed by atoms with Crippen molar-refractivity contribution in [3.8, 4) is 0 Å². The molecular weight excluding hydrogens is 195 g/mol. The molecule has 0 spiro atoms. The van der Waals surface area contributed by atoms with Gasteiger partial charge in [-0.05, 0) is 0 Å². The van der Waals surface area contributed by atoms with E-state index in [1.165, 1.54) is 64.2 Å². The average molecular weight is 218 g/mol. The molecule has 0 aromatic carbocycles. The fourth-order valence-electron chi connectivity index (χ4n) is 3.04. The van der Waals surface area contributed by atoms with Gasteiger partial charge in [0.1, 0.15) is 0 Å². The van der Waals surface area contributed by atoms with Gasteiger partial charge in [-0.1, -0.05) is 64.2 Å². The zero-order valence-corrected chi connectivity index (χ0v) is 12.9. The van der Waals surface area contributed by atoms with Gasteiger partial charge in [0.2, 0.25) is 0 Å². The van der Waals surface area contributed by atoms with Crippen molar-refractivity contribution in [3.63, 3.8) is 0 Å². The number of hydrogen-bond acceptors (Lipinski definition) is 0. The van der Waals surface area contributed by atoms with Crippen molar-refractivity contribution in [2.75, 3.05) is 0 Å². The summed E-state index contributed by atoms with van der Waals surface area (Å²) in [6.45, 7) is 0. The van der Waals surface area contributed by atoms with Gasteiger partial charge in [-0.3, -0.25) is 0 Å². The quantitative estimate of drug-likeness (QED) is 0.485. The van der Waals surface area contributed by atoms with Crippen LogP contribution in [0.1, 0.15) is 64.2 Å². The van der Waals surface area contributed by atoms with Gasteiger partial charge < -0.3 is 6.42 Å². The number of rotatable bonds is 2. The summed E-state index contributed by atoms with van der Waals surface area (Å²) in [5.74, 6) is 1.99. The minimum absolute atomic E-state index is 0. The molecule has 14 heavy (non-hydrogen) atoms. The van der Waals surface area contributed by atoms with E-state index in [4.69, 9.17) is 0 Å². The van der Waals surface area contributed by atoms with Crippen LogP contribution in [-0.4, -0.2) is 0 Å². The fraction of sp³-hybridized carbons (Fsp3) is 0.923. The zero-order chi connectivity index (χ0) is 8.93. The Bertz CT molecular complexity index is 116. The van der Waals surface area contributed by atoms with Crippen molar-refractivity contribution >= 4 is 0 Å². The van der Waals surface area contributed by atoms with E-state index in [-0.39, 0.29) is 51.4 Å². The van der Waals surface area contributed by atoms with E-state index >= 15 is 0 Å². The van der Waals surface area contributed by atoms with Gasteiger partial charge in [-0.2, -0.15) is 11.8 Å². The molecule has 0 aromatic heterocycles. The minimum atomic E-state index is 0. The van der Waals surface area contributed by atoms with E-state index < -0.39 is 0 Å². The van der Waals surface area contributed by atoms with E-state index in [0.29, 0.717) is 0 Å². The predicted molar refractivity (Wildman–Crippen MR) is 57.5 cm³/mol. The van der Waals surface area contributed by atoms with Crippen molar-refractivity contribution in [2.24, 2.45) is 11.8 Å². The molecule has 2 saturated carbocycles. The van der Waals surface area contributed by atoms with Crippen molar-refractivity contribution < 1.29 is 51.4 Å². The molecule has 0 nitrogen and oxygen atoms in total. The first-order valence-corrected chi connectivity index (χ1v) is 6.30. The first-order valence-electron chi connectivity index (χ1n) is 6.30. The van der Waals surface area contributed by atoms with Crippen molar-refractivity contribution in [3.05, 3.63) is 6.42 Å². The van der Waals surface area contributed by atoms with Crippen LogP contribution < -0.4 is 51.4 Å². The van der Waals surface area contributed by atoms with E-state index in [2.05, 4.69) is 6.42 Å². The predicted octanol–water partition coefficient (Wildman–Crippen LogP) is 1.36. The van der Waals surface area contributed by atoms with Crippen LogP contribution in [0.2, 0.25) is 0 Å². The molecule has 0 atom stereocenters. The Balaban J connectivity index is 0.000000980. The maximum Gasteiger partial charge on any atom is 1.00 e. The van der Waals surface area contributed by atoms with Gasteiger partial charge in [0, 0.05) is 0 Å². The molecule has 0 N–H and O–H groups in total. The maximum absolute atomic E-state index is 2.72. The fourth-order valence-corrected chi connectivity index (χ4v) is 3.04. The van der Waals surface area contributed by atoms with Crippen LogP contribution in [0.15, 0.2) is 0 Å². The zero-order valence-electron chi connectivity index (χ0n) is 9.80. The Labute approximate surface area is 132 Å². The second kappa shape index (κ2) is 7.84. The van der Waals surface area contributed by atoms with E-state index in [0.717, 1.165) is 11.8 Å². The third-order valence-electron chi connectivity index (χ3n) is 3.84. The molecular formula is C13H23K. The van der Waals surface area contributed by atoms with Crippen LogP contribution in [0.25, 0.3) is 0 Å². The molecule has 2 rings (SSSR count). The van der Waals surface area contributed by atoms with Crippen LogP contribution in [0.5, 0.6) is 0 Å². The molecule has 1 heteroatoms. The Hall–Kier alpha value is 1.64.